The standard InChI is InChI=1S/C26H28BrN5O2S/c1-19-9-6-7-10-21(19)18-34-25-23(27)15-20(16-24(25)33-2)17-28-13-8-14-35-26-29-30-31-32(26)22-11-4-3-5-12-22/h3-7,9-12,15-16,28H,8,13-14,17-18H2,1-2H3. The maximum atomic E-state index is 6.10. The van der Waals surface area contributed by atoms with Gasteiger partial charge in [0.25, 0.3) is 0 Å². The third kappa shape index (κ3) is 6.84. The van der Waals surface area contributed by atoms with Crippen molar-refractivity contribution in [2.45, 2.75) is 31.7 Å². The molecular weight excluding hydrogens is 526 g/mol. The van der Waals surface area contributed by atoms with E-state index < -0.39 is 0 Å². The Kier molecular flexibility index (Phi) is 9.16. The molecule has 0 aliphatic rings. The quantitative estimate of drug-likeness (QED) is 0.181. The Balaban J connectivity index is 1.25. The molecule has 0 amide bonds. The molecule has 0 bridgehead atoms. The van der Waals surface area contributed by atoms with Crippen molar-refractivity contribution in [2.24, 2.45) is 0 Å². The Labute approximate surface area is 218 Å². The molecule has 0 atom stereocenters. The van der Waals surface area contributed by atoms with Crippen molar-refractivity contribution in [1.29, 1.82) is 0 Å². The van der Waals surface area contributed by atoms with Crippen LogP contribution in [0.3, 0.4) is 0 Å². The first-order valence-electron chi connectivity index (χ1n) is 11.4. The van der Waals surface area contributed by atoms with Crippen LogP contribution >= 0.6 is 27.7 Å². The fourth-order valence-corrected chi connectivity index (χ4v) is 4.96. The smallest absolute Gasteiger partial charge is 0.214 e. The number of ether oxygens (including phenoxy) is 2. The lowest BCUT2D eigenvalue weighted by atomic mass is 10.1. The molecule has 0 aliphatic carbocycles. The van der Waals surface area contributed by atoms with Gasteiger partial charge in [0.1, 0.15) is 6.61 Å². The number of nitrogens with zero attached hydrogens (tertiary/aromatic N) is 4. The fourth-order valence-electron chi connectivity index (χ4n) is 3.53. The van der Waals surface area contributed by atoms with Gasteiger partial charge in [0.2, 0.25) is 5.16 Å². The van der Waals surface area contributed by atoms with Gasteiger partial charge in [-0.05, 0) is 87.2 Å². The van der Waals surface area contributed by atoms with Crippen molar-refractivity contribution in [3.63, 3.8) is 0 Å². The summed E-state index contributed by atoms with van der Waals surface area (Å²) in [7, 11) is 1.67. The van der Waals surface area contributed by atoms with E-state index in [0.717, 1.165) is 51.7 Å². The summed E-state index contributed by atoms with van der Waals surface area (Å²) < 4.78 is 14.4. The van der Waals surface area contributed by atoms with Crippen LogP contribution in [0.25, 0.3) is 5.69 Å². The number of methoxy groups -OCH3 is 1. The maximum Gasteiger partial charge on any atom is 0.214 e. The topological polar surface area (TPSA) is 74.1 Å². The van der Waals surface area contributed by atoms with Crippen LogP contribution in [0.5, 0.6) is 11.5 Å². The normalized spacial score (nSPS) is 10.9. The van der Waals surface area contributed by atoms with Gasteiger partial charge in [0, 0.05) is 12.3 Å². The largest absolute Gasteiger partial charge is 0.493 e. The van der Waals surface area contributed by atoms with Crippen molar-refractivity contribution in [3.8, 4) is 17.2 Å². The van der Waals surface area contributed by atoms with Crippen LogP contribution in [0, 0.1) is 6.92 Å². The second kappa shape index (κ2) is 12.7. The molecule has 0 radical (unpaired) electrons. The van der Waals surface area contributed by atoms with Crippen molar-refractivity contribution in [2.75, 3.05) is 19.4 Å². The van der Waals surface area contributed by atoms with E-state index in [2.05, 4.69) is 61.9 Å². The van der Waals surface area contributed by atoms with Gasteiger partial charge in [-0.3, -0.25) is 0 Å². The molecule has 1 heterocycles. The SMILES string of the molecule is COc1cc(CNCCCSc2nnnn2-c2ccccc2)cc(Br)c1OCc1ccccc1C. The van der Waals surface area contributed by atoms with E-state index in [1.807, 2.05) is 48.5 Å². The zero-order valence-corrected chi connectivity index (χ0v) is 22.2. The number of aromatic nitrogens is 4. The van der Waals surface area contributed by atoms with Crippen LogP contribution in [-0.4, -0.2) is 39.6 Å². The lowest BCUT2D eigenvalue weighted by Crippen LogP contribution is -2.15. The first-order chi connectivity index (χ1) is 17.2. The van der Waals surface area contributed by atoms with Gasteiger partial charge in [-0.15, -0.1) is 5.10 Å². The van der Waals surface area contributed by atoms with Gasteiger partial charge in [-0.2, -0.15) is 4.68 Å². The highest BCUT2D eigenvalue weighted by molar-refractivity contribution is 9.10. The molecule has 0 spiro atoms. The summed E-state index contributed by atoms with van der Waals surface area (Å²) in [6.07, 6.45) is 0.988. The highest BCUT2D eigenvalue weighted by atomic mass is 79.9. The summed E-state index contributed by atoms with van der Waals surface area (Å²) in [6.45, 7) is 4.19. The molecule has 1 N–H and O–H groups in total. The minimum atomic E-state index is 0.491. The molecule has 182 valence electrons. The zero-order chi connectivity index (χ0) is 24.5. The molecule has 0 unspecified atom stereocenters. The minimum absolute atomic E-state index is 0.491. The number of tetrazole rings is 1. The van der Waals surface area contributed by atoms with E-state index in [1.54, 1.807) is 23.6 Å². The molecule has 0 saturated carbocycles. The predicted octanol–water partition coefficient (Wildman–Crippen LogP) is 5.59. The number of benzene rings is 3. The van der Waals surface area contributed by atoms with Gasteiger partial charge in [-0.1, -0.05) is 54.2 Å². The molecule has 4 aromatic rings. The number of aryl methyl sites for hydroxylation is 1. The monoisotopic (exact) mass is 553 g/mol. The van der Waals surface area contributed by atoms with Gasteiger partial charge >= 0.3 is 0 Å². The first kappa shape index (κ1) is 25.2. The summed E-state index contributed by atoms with van der Waals surface area (Å²) in [5.74, 6) is 2.35. The van der Waals surface area contributed by atoms with Crippen LogP contribution in [0.15, 0.2) is 76.4 Å². The van der Waals surface area contributed by atoms with Crippen molar-refractivity contribution < 1.29 is 9.47 Å². The van der Waals surface area contributed by atoms with Crippen LogP contribution in [0.2, 0.25) is 0 Å². The Bertz CT molecular complexity index is 1240. The van der Waals surface area contributed by atoms with Gasteiger partial charge in [0.15, 0.2) is 11.5 Å². The van der Waals surface area contributed by atoms with Crippen molar-refractivity contribution in [1.82, 2.24) is 25.5 Å². The van der Waals surface area contributed by atoms with Crippen LogP contribution in [0.4, 0.5) is 0 Å². The lowest BCUT2D eigenvalue weighted by molar-refractivity contribution is 0.281. The second-order valence-electron chi connectivity index (χ2n) is 7.91. The average Bonchev–Trinajstić information content (AvgIpc) is 3.35. The molecule has 4 rings (SSSR count). The predicted molar refractivity (Wildman–Crippen MR) is 142 cm³/mol. The fraction of sp³-hybridized carbons (Fsp3) is 0.269. The molecule has 0 aliphatic heterocycles. The van der Waals surface area contributed by atoms with E-state index in [1.165, 1.54) is 5.56 Å². The van der Waals surface area contributed by atoms with Gasteiger partial charge in [-0.25, -0.2) is 0 Å². The Morgan fingerprint density at radius 3 is 2.66 bits per heavy atom. The van der Waals surface area contributed by atoms with Crippen LogP contribution < -0.4 is 14.8 Å². The first-order valence-corrected chi connectivity index (χ1v) is 13.1. The molecule has 0 fully saturated rings. The summed E-state index contributed by atoms with van der Waals surface area (Å²) >= 11 is 5.31. The molecule has 9 heteroatoms. The number of thioether (sulfide) groups is 1. The number of hydrogen-bond acceptors (Lipinski definition) is 7. The Morgan fingerprint density at radius 2 is 1.86 bits per heavy atom. The number of nitrogens with one attached hydrogen (secondary N) is 1. The number of rotatable bonds is 12. The highest BCUT2D eigenvalue weighted by Gasteiger charge is 2.13. The van der Waals surface area contributed by atoms with Crippen LogP contribution in [0.1, 0.15) is 23.1 Å². The molecule has 0 saturated heterocycles. The Hall–Kier alpha value is -2.88. The molecule has 1 aromatic heterocycles. The Morgan fingerprint density at radius 1 is 1.06 bits per heavy atom. The molecule has 3 aromatic carbocycles. The molecule has 35 heavy (non-hydrogen) atoms. The summed E-state index contributed by atoms with van der Waals surface area (Å²) in [5, 5.41) is 16.4. The van der Waals surface area contributed by atoms with E-state index in [0.29, 0.717) is 18.1 Å². The van der Waals surface area contributed by atoms with Crippen molar-refractivity contribution >= 4 is 27.7 Å². The summed E-state index contributed by atoms with van der Waals surface area (Å²) in [5.41, 5.74) is 4.45. The van der Waals surface area contributed by atoms with E-state index in [9.17, 15) is 0 Å². The maximum absolute atomic E-state index is 6.10. The lowest BCUT2D eigenvalue weighted by Gasteiger charge is -2.15. The molecular formula is C26H28BrN5O2S. The highest BCUT2D eigenvalue weighted by Crippen LogP contribution is 2.37. The number of halogens is 1. The zero-order valence-electron chi connectivity index (χ0n) is 19.8. The number of para-hydroxylation sites is 1. The summed E-state index contributed by atoms with van der Waals surface area (Å²) in [4.78, 5) is 0. The number of hydrogen-bond donors (Lipinski definition) is 1. The summed E-state index contributed by atoms with van der Waals surface area (Å²) in [6, 6.07) is 22.2. The van der Waals surface area contributed by atoms with Gasteiger partial charge < -0.3 is 14.8 Å². The van der Waals surface area contributed by atoms with E-state index in [-0.39, 0.29) is 0 Å². The third-order valence-electron chi connectivity index (χ3n) is 5.42. The van der Waals surface area contributed by atoms with E-state index in [4.69, 9.17) is 9.47 Å². The average molecular weight is 555 g/mol. The second-order valence-corrected chi connectivity index (χ2v) is 9.83. The van der Waals surface area contributed by atoms with Crippen molar-refractivity contribution in [3.05, 3.63) is 87.9 Å². The van der Waals surface area contributed by atoms with E-state index >= 15 is 0 Å². The van der Waals surface area contributed by atoms with Gasteiger partial charge in [0.05, 0.1) is 17.3 Å². The third-order valence-corrected chi connectivity index (χ3v) is 7.02. The van der Waals surface area contributed by atoms with Crippen LogP contribution in [-0.2, 0) is 13.2 Å². The molecule has 7 nitrogen and oxygen atoms in total. The minimum Gasteiger partial charge on any atom is -0.493 e.